The van der Waals surface area contributed by atoms with Gasteiger partial charge in [0, 0.05) is 36.6 Å². The molecule has 0 saturated carbocycles. The van der Waals surface area contributed by atoms with Crippen molar-refractivity contribution in [3.63, 3.8) is 0 Å². The molecule has 0 spiro atoms. The van der Waals surface area contributed by atoms with Crippen LogP contribution in [0.3, 0.4) is 0 Å². The van der Waals surface area contributed by atoms with Crippen LogP contribution >= 0.6 is 0 Å². The number of nitrogens with one attached hydrogen (secondary N) is 3. The average Bonchev–Trinajstić information content (AvgIpc) is 2.78. The van der Waals surface area contributed by atoms with E-state index in [0.29, 0.717) is 35.8 Å². The van der Waals surface area contributed by atoms with Gasteiger partial charge < -0.3 is 20.4 Å². The summed E-state index contributed by atoms with van der Waals surface area (Å²) in [6.45, 7) is 4.62. The van der Waals surface area contributed by atoms with E-state index in [2.05, 4.69) is 25.9 Å². The highest BCUT2D eigenvalue weighted by Crippen LogP contribution is 2.17. The second kappa shape index (κ2) is 9.30. The maximum absolute atomic E-state index is 12.4. The van der Waals surface area contributed by atoms with Gasteiger partial charge in [0.05, 0.1) is 5.39 Å². The Morgan fingerprint density at radius 2 is 1.75 bits per heavy atom. The lowest BCUT2D eigenvalue weighted by molar-refractivity contribution is 0.0928. The number of aromatic nitrogens is 2. The Labute approximate surface area is 184 Å². The minimum Gasteiger partial charge on any atom is -0.451 e. The monoisotopic (exact) mass is 429 g/mol. The number of hydrogen-bond acceptors (Lipinski definition) is 7. The lowest BCUT2D eigenvalue weighted by Gasteiger charge is -2.11. The van der Waals surface area contributed by atoms with Crippen molar-refractivity contribution in [1.29, 1.82) is 0 Å². The number of amides is 1. The van der Waals surface area contributed by atoms with Gasteiger partial charge in [-0.15, -0.1) is 0 Å². The van der Waals surface area contributed by atoms with Crippen LogP contribution in [0.2, 0.25) is 0 Å². The third-order valence-electron chi connectivity index (χ3n) is 4.73. The van der Waals surface area contributed by atoms with E-state index >= 15 is 0 Å². The second-order valence-corrected chi connectivity index (χ2v) is 7.36. The largest absolute Gasteiger partial charge is 0.451 e. The summed E-state index contributed by atoms with van der Waals surface area (Å²) in [4.78, 5) is 33.4. The Bertz CT molecular complexity index is 1320. The molecule has 4 rings (SSSR count). The molecule has 2 aromatic heterocycles. The summed E-state index contributed by atoms with van der Waals surface area (Å²) < 4.78 is 5.55. The molecule has 0 fully saturated rings. The highest BCUT2D eigenvalue weighted by molar-refractivity contribution is 5.93. The lowest BCUT2D eigenvalue weighted by atomic mass is 10.2. The minimum atomic E-state index is -0.457. The molecule has 8 nitrogen and oxygen atoms in total. The molecule has 1 amide bonds. The molecule has 2 heterocycles. The van der Waals surface area contributed by atoms with Gasteiger partial charge in [0.1, 0.15) is 11.4 Å². The molecular weight excluding hydrogens is 406 g/mol. The highest BCUT2D eigenvalue weighted by Gasteiger charge is 2.11. The van der Waals surface area contributed by atoms with Crippen molar-refractivity contribution in [1.82, 2.24) is 15.3 Å². The van der Waals surface area contributed by atoms with Gasteiger partial charge in [-0.1, -0.05) is 29.8 Å². The lowest BCUT2D eigenvalue weighted by Crippen LogP contribution is -2.29. The SMILES string of the molecule is Cc1ccc(Nc2cc(C)nc(NCCNC(=O)c3cc(=O)c4ccccc4o3)n2)cc1. The highest BCUT2D eigenvalue weighted by atomic mass is 16.3. The third-order valence-corrected chi connectivity index (χ3v) is 4.73. The fourth-order valence-corrected chi connectivity index (χ4v) is 3.15. The van der Waals surface area contributed by atoms with Crippen molar-refractivity contribution >= 4 is 34.3 Å². The summed E-state index contributed by atoms with van der Waals surface area (Å²) in [6, 6.07) is 17.9. The molecule has 0 saturated heterocycles. The van der Waals surface area contributed by atoms with E-state index in [9.17, 15) is 9.59 Å². The topological polar surface area (TPSA) is 109 Å². The molecule has 0 aliphatic heterocycles. The van der Waals surface area contributed by atoms with Gasteiger partial charge in [0.25, 0.3) is 5.91 Å². The molecule has 162 valence electrons. The number of carbonyl (C=O) groups is 1. The van der Waals surface area contributed by atoms with Gasteiger partial charge in [-0.3, -0.25) is 9.59 Å². The summed E-state index contributed by atoms with van der Waals surface area (Å²) in [6.07, 6.45) is 0. The van der Waals surface area contributed by atoms with Crippen LogP contribution in [0, 0.1) is 13.8 Å². The number of aryl methyl sites for hydroxylation is 2. The van der Waals surface area contributed by atoms with Crippen LogP contribution in [-0.4, -0.2) is 29.0 Å². The van der Waals surface area contributed by atoms with E-state index in [1.54, 1.807) is 24.3 Å². The van der Waals surface area contributed by atoms with Gasteiger partial charge in [-0.25, -0.2) is 4.98 Å². The van der Waals surface area contributed by atoms with Gasteiger partial charge in [0.15, 0.2) is 11.2 Å². The van der Waals surface area contributed by atoms with Crippen molar-refractivity contribution in [2.75, 3.05) is 23.7 Å². The van der Waals surface area contributed by atoms with Crippen LogP contribution in [0.5, 0.6) is 0 Å². The number of benzene rings is 2. The Balaban J connectivity index is 1.34. The first kappa shape index (κ1) is 21.0. The first-order valence-electron chi connectivity index (χ1n) is 10.2. The summed E-state index contributed by atoms with van der Waals surface area (Å²) in [5.74, 6) is 0.642. The van der Waals surface area contributed by atoms with Crippen molar-refractivity contribution in [2.45, 2.75) is 13.8 Å². The maximum atomic E-state index is 12.4. The molecule has 0 radical (unpaired) electrons. The first-order chi connectivity index (χ1) is 15.5. The zero-order valence-corrected chi connectivity index (χ0v) is 17.8. The first-order valence-corrected chi connectivity index (χ1v) is 10.2. The van der Waals surface area contributed by atoms with Crippen LogP contribution in [-0.2, 0) is 0 Å². The second-order valence-electron chi connectivity index (χ2n) is 7.36. The average molecular weight is 429 g/mol. The molecule has 3 N–H and O–H groups in total. The van der Waals surface area contributed by atoms with E-state index in [1.807, 2.05) is 44.2 Å². The molecule has 4 aromatic rings. The third kappa shape index (κ3) is 5.10. The minimum absolute atomic E-state index is 0.0231. The molecule has 2 aromatic carbocycles. The summed E-state index contributed by atoms with van der Waals surface area (Å²) >= 11 is 0. The Morgan fingerprint density at radius 3 is 2.56 bits per heavy atom. The van der Waals surface area contributed by atoms with Gasteiger partial charge in [0.2, 0.25) is 5.95 Å². The van der Waals surface area contributed by atoms with Crippen molar-refractivity contribution < 1.29 is 9.21 Å². The molecule has 0 aliphatic rings. The number of anilines is 3. The number of carbonyl (C=O) groups excluding carboxylic acids is 1. The Hall–Kier alpha value is -4.20. The standard InChI is InChI=1S/C24H23N5O3/c1-15-7-9-17(10-8-15)28-22-13-16(2)27-24(29-22)26-12-11-25-23(31)21-14-19(30)18-5-3-4-6-20(18)32-21/h3-10,13-14H,11-12H2,1-2H3,(H,25,31)(H2,26,27,28,29). The number of para-hydroxylation sites is 1. The zero-order chi connectivity index (χ0) is 22.5. The number of nitrogens with zero attached hydrogens (tertiary/aromatic N) is 2. The van der Waals surface area contributed by atoms with E-state index in [-0.39, 0.29) is 11.2 Å². The van der Waals surface area contributed by atoms with Crippen LogP contribution in [0.4, 0.5) is 17.5 Å². The normalized spacial score (nSPS) is 10.7. The van der Waals surface area contributed by atoms with E-state index in [0.717, 1.165) is 11.4 Å². The van der Waals surface area contributed by atoms with Crippen LogP contribution in [0.1, 0.15) is 21.8 Å². The predicted octanol–water partition coefficient (Wildman–Crippen LogP) is 3.79. The van der Waals surface area contributed by atoms with Crippen molar-refractivity contribution in [3.05, 3.63) is 87.9 Å². The van der Waals surface area contributed by atoms with Crippen LogP contribution < -0.4 is 21.4 Å². The van der Waals surface area contributed by atoms with Gasteiger partial charge in [-0.05, 0) is 38.1 Å². The summed E-state index contributed by atoms with van der Waals surface area (Å²) in [7, 11) is 0. The van der Waals surface area contributed by atoms with Crippen LogP contribution in [0.15, 0.2) is 69.9 Å². The van der Waals surface area contributed by atoms with Crippen LogP contribution in [0.25, 0.3) is 11.0 Å². The molecule has 0 bridgehead atoms. The van der Waals surface area contributed by atoms with Crippen molar-refractivity contribution in [3.8, 4) is 0 Å². The quantitative estimate of drug-likeness (QED) is 0.384. The predicted molar refractivity (Wildman–Crippen MR) is 125 cm³/mol. The molecule has 0 unspecified atom stereocenters. The Morgan fingerprint density at radius 1 is 0.969 bits per heavy atom. The molecule has 0 aliphatic carbocycles. The summed E-state index contributed by atoms with van der Waals surface area (Å²) in [5.41, 5.74) is 3.05. The molecule has 8 heteroatoms. The van der Waals surface area contributed by atoms with E-state index < -0.39 is 5.91 Å². The molecule has 32 heavy (non-hydrogen) atoms. The number of rotatable bonds is 7. The molecular formula is C24H23N5O3. The van der Waals surface area contributed by atoms with E-state index in [1.165, 1.54) is 11.6 Å². The fraction of sp³-hybridized carbons (Fsp3) is 0.167. The van der Waals surface area contributed by atoms with Crippen molar-refractivity contribution in [2.24, 2.45) is 0 Å². The number of hydrogen-bond donors (Lipinski definition) is 3. The maximum Gasteiger partial charge on any atom is 0.287 e. The summed E-state index contributed by atoms with van der Waals surface area (Å²) in [5, 5.41) is 9.53. The molecule has 0 atom stereocenters. The smallest absolute Gasteiger partial charge is 0.287 e. The Kier molecular flexibility index (Phi) is 6.12. The fourth-order valence-electron chi connectivity index (χ4n) is 3.15. The van der Waals surface area contributed by atoms with Gasteiger partial charge >= 0.3 is 0 Å². The van der Waals surface area contributed by atoms with Gasteiger partial charge in [-0.2, -0.15) is 4.98 Å². The zero-order valence-electron chi connectivity index (χ0n) is 17.8. The number of fused-ring (bicyclic) bond motifs is 1. The van der Waals surface area contributed by atoms with E-state index in [4.69, 9.17) is 4.42 Å².